The molecule has 4 aliphatic heterocycles. The molecule has 0 unspecified atom stereocenters. The average molecular weight is 377 g/mol. The second-order valence-electron chi connectivity index (χ2n) is 8.78. The molecule has 1 amide bonds. The van der Waals surface area contributed by atoms with E-state index < -0.39 is 0 Å². The summed E-state index contributed by atoms with van der Waals surface area (Å²) in [5.41, 5.74) is 4.14. The minimum Gasteiger partial charge on any atom is -0.508 e. The van der Waals surface area contributed by atoms with Gasteiger partial charge in [0, 0.05) is 24.1 Å². The van der Waals surface area contributed by atoms with Crippen LogP contribution in [0.15, 0.2) is 42.5 Å². The molecule has 2 aromatic carbocycles. The van der Waals surface area contributed by atoms with E-state index in [-0.39, 0.29) is 17.9 Å². The van der Waals surface area contributed by atoms with Crippen molar-refractivity contribution >= 4 is 5.91 Å². The van der Waals surface area contributed by atoms with Gasteiger partial charge < -0.3 is 10.0 Å². The minimum atomic E-state index is 0.182. The fraction of sp³-hybridized carbons (Fsp3) is 0.458. The number of phenolic OH excluding ortho intramolecular Hbond substituents is 1. The van der Waals surface area contributed by atoms with Crippen molar-refractivity contribution in [3.05, 3.63) is 64.7 Å². The number of benzene rings is 2. The van der Waals surface area contributed by atoms with Crippen molar-refractivity contribution in [3.63, 3.8) is 0 Å². The molecule has 0 radical (unpaired) electrons. The number of fused-ring (bicyclic) bond motifs is 2. The Morgan fingerprint density at radius 2 is 1.68 bits per heavy atom. The fourth-order valence-electron chi connectivity index (χ4n) is 6.00. The number of likely N-dealkylation sites (tertiary alicyclic amines) is 1. The molecule has 4 heteroatoms. The maximum Gasteiger partial charge on any atom is 0.254 e. The second kappa shape index (κ2) is 6.63. The number of hydrogen-bond acceptors (Lipinski definition) is 3. The summed E-state index contributed by atoms with van der Waals surface area (Å²) in [5, 5.41) is 10.0. The molecule has 4 nitrogen and oxygen atoms in total. The fourth-order valence-corrected chi connectivity index (χ4v) is 6.00. The van der Waals surface area contributed by atoms with Gasteiger partial charge in [0.2, 0.25) is 0 Å². The molecule has 4 aliphatic rings. The van der Waals surface area contributed by atoms with Gasteiger partial charge in [-0.25, -0.2) is 0 Å². The number of carbonyl (C=O) groups excluding carboxylic acids is 1. The number of carbonyl (C=O) groups is 1. The van der Waals surface area contributed by atoms with E-state index in [9.17, 15) is 9.90 Å². The number of rotatable bonds is 2. The number of phenols is 1. The molecule has 0 spiro atoms. The van der Waals surface area contributed by atoms with Gasteiger partial charge in [0.25, 0.3) is 5.91 Å². The van der Waals surface area contributed by atoms with E-state index >= 15 is 0 Å². The lowest BCUT2D eigenvalue weighted by Gasteiger charge is -2.51. The third-order valence-corrected chi connectivity index (χ3v) is 7.25. The third-order valence-electron chi connectivity index (χ3n) is 7.25. The first-order valence-electron chi connectivity index (χ1n) is 10.4. The van der Waals surface area contributed by atoms with Crippen LogP contribution in [0.3, 0.4) is 0 Å². The highest BCUT2D eigenvalue weighted by Gasteiger charge is 2.54. The quantitative estimate of drug-likeness (QED) is 0.869. The van der Waals surface area contributed by atoms with Gasteiger partial charge in [-0.15, -0.1) is 0 Å². The number of amides is 1. The highest BCUT2D eigenvalue weighted by molar-refractivity contribution is 5.97. The van der Waals surface area contributed by atoms with Gasteiger partial charge >= 0.3 is 0 Å². The summed E-state index contributed by atoms with van der Waals surface area (Å²) in [6, 6.07) is 14.4. The van der Waals surface area contributed by atoms with Crippen LogP contribution >= 0.6 is 0 Å². The van der Waals surface area contributed by atoms with Crippen LogP contribution in [0.5, 0.6) is 5.75 Å². The zero-order valence-corrected chi connectivity index (χ0v) is 16.6. The lowest BCUT2D eigenvalue weighted by molar-refractivity contribution is -0.00346. The second-order valence-corrected chi connectivity index (χ2v) is 8.78. The number of piperidine rings is 3. The molecule has 4 heterocycles. The van der Waals surface area contributed by atoms with Crippen molar-refractivity contribution in [1.29, 1.82) is 0 Å². The Kier molecular flexibility index (Phi) is 4.20. The molecular weight excluding hydrogens is 348 g/mol. The normalized spacial score (nSPS) is 31.1. The first-order chi connectivity index (χ1) is 13.5. The number of aryl methyl sites for hydroxylation is 2. The zero-order chi connectivity index (χ0) is 19.4. The van der Waals surface area contributed by atoms with Gasteiger partial charge in [0.1, 0.15) is 5.75 Å². The summed E-state index contributed by atoms with van der Waals surface area (Å²) in [4.78, 5) is 18.5. The Morgan fingerprint density at radius 3 is 2.36 bits per heavy atom. The molecule has 1 N–H and O–H groups in total. The zero-order valence-electron chi connectivity index (χ0n) is 16.6. The molecule has 0 aliphatic carbocycles. The lowest BCUT2D eigenvalue weighted by Crippen LogP contribution is -2.60. The highest BCUT2D eigenvalue weighted by atomic mass is 16.3. The molecule has 0 saturated carbocycles. The van der Waals surface area contributed by atoms with Crippen molar-refractivity contribution < 1.29 is 9.90 Å². The molecule has 4 fully saturated rings. The van der Waals surface area contributed by atoms with E-state index in [1.54, 1.807) is 6.07 Å². The molecule has 3 atom stereocenters. The lowest BCUT2D eigenvalue weighted by atomic mass is 9.75. The van der Waals surface area contributed by atoms with Crippen LogP contribution in [0, 0.1) is 19.8 Å². The Labute approximate surface area is 166 Å². The van der Waals surface area contributed by atoms with Gasteiger partial charge in [-0.3, -0.25) is 9.69 Å². The van der Waals surface area contributed by atoms with E-state index in [4.69, 9.17) is 0 Å². The van der Waals surface area contributed by atoms with E-state index in [2.05, 4.69) is 15.9 Å². The molecular formula is C24H28N2O2. The molecule has 2 aromatic rings. The SMILES string of the molecule is Cc1cccc(C)c1C(=O)N1C[C@@H](c2cccc(O)c2)[C@@H]2[C@H]1C1CCN2CC1. The molecule has 6 rings (SSSR count). The Bertz CT molecular complexity index is 896. The van der Waals surface area contributed by atoms with Gasteiger partial charge in [-0.1, -0.05) is 30.3 Å². The van der Waals surface area contributed by atoms with Gasteiger partial charge in [-0.2, -0.15) is 0 Å². The van der Waals surface area contributed by atoms with E-state index in [0.717, 1.165) is 41.9 Å². The number of hydrogen-bond donors (Lipinski definition) is 1. The van der Waals surface area contributed by atoms with Crippen LogP contribution in [0.2, 0.25) is 0 Å². The smallest absolute Gasteiger partial charge is 0.254 e. The van der Waals surface area contributed by atoms with Crippen molar-refractivity contribution in [3.8, 4) is 5.75 Å². The topological polar surface area (TPSA) is 43.8 Å². The largest absolute Gasteiger partial charge is 0.508 e. The van der Waals surface area contributed by atoms with E-state index in [0.29, 0.717) is 17.7 Å². The average Bonchev–Trinajstić information content (AvgIpc) is 3.11. The summed E-state index contributed by atoms with van der Waals surface area (Å²) >= 11 is 0. The van der Waals surface area contributed by atoms with Crippen LogP contribution in [0.25, 0.3) is 0 Å². The van der Waals surface area contributed by atoms with Crippen molar-refractivity contribution in [2.45, 2.75) is 44.7 Å². The van der Waals surface area contributed by atoms with Gasteiger partial charge in [0.05, 0.1) is 6.04 Å². The summed E-state index contributed by atoms with van der Waals surface area (Å²) < 4.78 is 0. The minimum absolute atomic E-state index is 0.182. The molecule has 4 saturated heterocycles. The van der Waals surface area contributed by atoms with E-state index in [1.165, 1.54) is 12.8 Å². The van der Waals surface area contributed by atoms with Crippen molar-refractivity contribution in [2.24, 2.45) is 5.92 Å². The molecule has 146 valence electrons. The van der Waals surface area contributed by atoms with Crippen molar-refractivity contribution in [2.75, 3.05) is 19.6 Å². The van der Waals surface area contributed by atoms with Crippen LogP contribution < -0.4 is 0 Å². The van der Waals surface area contributed by atoms with E-state index in [1.807, 2.05) is 44.2 Å². The monoisotopic (exact) mass is 376 g/mol. The first kappa shape index (κ1) is 17.7. The Balaban J connectivity index is 1.56. The predicted molar refractivity (Wildman–Crippen MR) is 110 cm³/mol. The maximum atomic E-state index is 13.7. The van der Waals surface area contributed by atoms with Crippen LogP contribution in [-0.4, -0.2) is 52.5 Å². The third kappa shape index (κ3) is 2.66. The predicted octanol–water partition coefficient (Wildman–Crippen LogP) is 3.71. The Hall–Kier alpha value is -2.33. The summed E-state index contributed by atoms with van der Waals surface area (Å²) in [7, 11) is 0. The summed E-state index contributed by atoms with van der Waals surface area (Å²) in [6.07, 6.45) is 2.37. The van der Waals surface area contributed by atoms with Crippen LogP contribution in [-0.2, 0) is 0 Å². The maximum absolute atomic E-state index is 13.7. The Morgan fingerprint density at radius 1 is 1.00 bits per heavy atom. The molecule has 28 heavy (non-hydrogen) atoms. The van der Waals surface area contributed by atoms with Crippen LogP contribution in [0.4, 0.5) is 0 Å². The summed E-state index contributed by atoms with van der Waals surface area (Å²) in [5.74, 6) is 1.34. The van der Waals surface area contributed by atoms with Crippen molar-refractivity contribution in [1.82, 2.24) is 9.80 Å². The number of aromatic hydroxyl groups is 1. The highest BCUT2D eigenvalue weighted by Crippen LogP contribution is 2.47. The van der Waals surface area contributed by atoms with Gasteiger partial charge in [-0.05, 0) is 74.5 Å². The summed E-state index contributed by atoms with van der Waals surface area (Å²) in [6.45, 7) is 7.07. The van der Waals surface area contributed by atoms with Crippen LogP contribution in [0.1, 0.15) is 45.8 Å². The molecule has 2 bridgehead atoms. The van der Waals surface area contributed by atoms with Gasteiger partial charge in [0.15, 0.2) is 0 Å². The first-order valence-corrected chi connectivity index (χ1v) is 10.4. The number of nitrogens with zero attached hydrogens (tertiary/aromatic N) is 2. The standard InChI is InChI=1S/C24H28N2O2/c1-15-5-3-6-16(2)21(15)24(28)26-14-20(18-7-4-8-19(27)13-18)23-22(26)17-9-11-25(23)12-10-17/h3-8,13,17,20,22-23,27H,9-12,14H2,1-2H3/t20-,22+,23+/m0/s1. The molecule has 0 aromatic heterocycles.